The normalized spacial score (nSPS) is 18.1. The van der Waals surface area contributed by atoms with Crippen molar-refractivity contribution in [2.45, 2.75) is 46.7 Å². The summed E-state index contributed by atoms with van der Waals surface area (Å²) in [5, 5.41) is 0. The quantitative estimate of drug-likeness (QED) is 0.674. The number of carbonyl (C=O) groups is 2. The second kappa shape index (κ2) is 11.8. The Morgan fingerprint density at radius 2 is 1.51 bits per heavy atom. The third-order valence-corrected chi connectivity index (χ3v) is 7.11. The number of nitrogens with zero attached hydrogens (tertiary/aromatic N) is 4. The first-order valence-electron chi connectivity index (χ1n) is 13.1. The van der Waals surface area contributed by atoms with E-state index in [0.717, 1.165) is 56.8 Å². The Morgan fingerprint density at radius 3 is 2.26 bits per heavy atom. The van der Waals surface area contributed by atoms with Crippen LogP contribution >= 0.6 is 0 Å². The predicted molar refractivity (Wildman–Crippen MR) is 141 cm³/mol. The summed E-state index contributed by atoms with van der Waals surface area (Å²) in [6.45, 7) is 13.0. The van der Waals surface area contributed by atoms with E-state index in [-0.39, 0.29) is 11.8 Å². The summed E-state index contributed by atoms with van der Waals surface area (Å²) in [5.74, 6) is 0.771. The summed E-state index contributed by atoms with van der Waals surface area (Å²) >= 11 is 0. The van der Waals surface area contributed by atoms with Gasteiger partial charge in [-0.3, -0.25) is 14.5 Å². The highest BCUT2D eigenvalue weighted by Crippen LogP contribution is 2.24. The van der Waals surface area contributed by atoms with E-state index < -0.39 is 0 Å². The van der Waals surface area contributed by atoms with Gasteiger partial charge in [0.05, 0.1) is 6.54 Å². The molecule has 0 atom stereocenters. The second-order valence-electron chi connectivity index (χ2n) is 10.4. The Morgan fingerprint density at radius 1 is 0.800 bits per heavy atom. The highest BCUT2D eigenvalue weighted by Gasteiger charge is 2.25. The van der Waals surface area contributed by atoms with Crippen LogP contribution in [0.1, 0.15) is 43.9 Å². The van der Waals surface area contributed by atoms with Gasteiger partial charge in [0, 0.05) is 58.4 Å². The van der Waals surface area contributed by atoms with E-state index in [9.17, 15) is 9.59 Å². The average molecular weight is 477 g/mol. The molecule has 0 bridgehead atoms. The van der Waals surface area contributed by atoms with Gasteiger partial charge in [-0.05, 0) is 48.1 Å². The summed E-state index contributed by atoms with van der Waals surface area (Å²) in [7, 11) is 0. The molecule has 2 aromatic carbocycles. The summed E-state index contributed by atoms with van der Waals surface area (Å²) in [5.41, 5.74) is 4.70. The maximum atomic E-state index is 13.7. The lowest BCUT2D eigenvalue weighted by molar-refractivity contribution is -0.133. The molecule has 6 nitrogen and oxygen atoms in total. The molecule has 0 fully saturated rings. The number of hydrogen-bond donors (Lipinski definition) is 0. The van der Waals surface area contributed by atoms with Crippen LogP contribution in [0.15, 0.2) is 48.5 Å². The molecule has 0 saturated heterocycles. The van der Waals surface area contributed by atoms with Crippen LogP contribution in [-0.4, -0.2) is 72.3 Å². The highest BCUT2D eigenvalue weighted by atomic mass is 16.2. The van der Waals surface area contributed by atoms with Crippen LogP contribution < -0.4 is 4.90 Å². The standard InChI is InChI=1S/C29H40N4O2/c1-23(2)19-30-14-8-15-33(24(3)34)28-12-7-6-11-27(28)21-32(18-17-30)29(35)22-31-16-13-25-9-4-5-10-26(25)20-31/h4-7,9-12,23H,8,13-22H2,1-3H3. The van der Waals surface area contributed by atoms with E-state index in [0.29, 0.717) is 32.1 Å². The van der Waals surface area contributed by atoms with Gasteiger partial charge in [-0.2, -0.15) is 0 Å². The number of rotatable bonds is 4. The minimum atomic E-state index is 0.0527. The molecule has 2 aromatic rings. The molecule has 35 heavy (non-hydrogen) atoms. The first-order valence-corrected chi connectivity index (χ1v) is 13.1. The van der Waals surface area contributed by atoms with Crippen LogP contribution in [0.4, 0.5) is 5.69 Å². The van der Waals surface area contributed by atoms with Gasteiger partial charge in [-0.15, -0.1) is 0 Å². The van der Waals surface area contributed by atoms with Crippen molar-refractivity contribution in [2.24, 2.45) is 5.92 Å². The van der Waals surface area contributed by atoms with E-state index in [1.807, 2.05) is 28.0 Å². The largest absolute Gasteiger partial charge is 0.336 e. The fourth-order valence-electron chi connectivity index (χ4n) is 5.36. The first kappa shape index (κ1) is 25.4. The Bertz CT molecular complexity index is 1020. The number of para-hydroxylation sites is 1. The number of benzene rings is 2. The van der Waals surface area contributed by atoms with Crippen molar-refractivity contribution in [3.63, 3.8) is 0 Å². The Balaban J connectivity index is 1.55. The van der Waals surface area contributed by atoms with Gasteiger partial charge in [0.15, 0.2) is 0 Å². The summed E-state index contributed by atoms with van der Waals surface area (Å²) in [6.07, 6.45) is 1.91. The predicted octanol–water partition coefficient (Wildman–Crippen LogP) is 3.79. The molecule has 2 aliphatic heterocycles. The highest BCUT2D eigenvalue weighted by molar-refractivity contribution is 5.92. The van der Waals surface area contributed by atoms with E-state index in [2.05, 4.69) is 54.0 Å². The van der Waals surface area contributed by atoms with Crippen molar-refractivity contribution >= 4 is 17.5 Å². The maximum absolute atomic E-state index is 13.7. The lowest BCUT2D eigenvalue weighted by Gasteiger charge is -2.32. The topological polar surface area (TPSA) is 47.1 Å². The molecule has 6 heteroatoms. The van der Waals surface area contributed by atoms with E-state index in [1.165, 1.54) is 11.1 Å². The van der Waals surface area contributed by atoms with Crippen LogP contribution in [0.5, 0.6) is 0 Å². The van der Waals surface area contributed by atoms with Crippen molar-refractivity contribution < 1.29 is 9.59 Å². The number of anilines is 1. The van der Waals surface area contributed by atoms with E-state index in [1.54, 1.807) is 6.92 Å². The molecule has 0 N–H and O–H groups in total. The van der Waals surface area contributed by atoms with Crippen molar-refractivity contribution in [3.05, 3.63) is 65.2 Å². The number of amides is 2. The fraction of sp³-hybridized carbons (Fsp3) is 0.517. The van der Waals surface area contributed by atoms with Crippen LogP contribution in [-0.2, 0) is 29.1 Å². The molecule has 0 aliphatic carbocycles. The maximum Gasteiger partial charge on any atom is 0.237 e. The molecule has 0 aromatic heterocycles. The minimum absolute atomic E-state index is 0.0527. The van der Waals surface area contributed by atoms with Crippen LogP contribution in [0.3, 0.4) is 0 Å². The van der Waals surface area contributed by atoms with E-state index in [4.69, 9.17) is 0 Å². The van der Waals surface area contributed by atoms with Crippen molar-refractivity contribution in [3.8, 4) is 0 Å². The molecule has 0 radical (unpaired) electrons. The molecule has 0 saturated carbocycles. The Kier molecular flexibility index (Phi) is 8.58. The monoisotopic (exact) mass is 476 g/mol. The third kappa shape index (κ3) is 6.71. The molecule has 188 valence electrons. The smallest absolute Gasteiger partial charge is 0.237 e. The molecule has 2 heterocycles. The average Bonchev–Trinajstić information content (AvgIpc) is 2.87. The van der Waals surface area contributed by atoms with Gasteiger partial charge in [0.2, 0.25) is 11.8 Å². The molecule has 0 unspecified atom stereocenters. The van der Waals surface area contributed by atoms with Gasteiger partial charge in [0.25, 0.3) is 0 Å². The van der Waals surface area contributed by atoms with Crippen molar-refractivity contribution in [1.82, 2.24) is 14.7 Å². The molecular weight excluding hydrogens is 436 g/mol. The van der Waals surface area contributed by atoms with E-state index >= 15 is 0 Å². The minimum Gasteiger partial charge on any atom is -0.336 e. The van der Waals surface area contributed by atoms with Gasteiger partial charge >= 0.3 is 0 Å². The van der Waals surface area contributed by atoms with Crippen LogP contribution in [0.2, 0.25) is 0 Å². The molecule has 2 amide bonds. The fourth-order valence-corrected chi connectivity index (χ4v) is 5.36. The SMILES string of the molecule is CC(=O)N1CCCN(CC(C)C)CCN(C(=O)CN2CCc3ccccc3C2)Cc2ccccc21. The van der Waals surface area contributed by atoms with Crippen molar-refractivity contribution in [1.29, 1.82) is 0 Å². The molecule has 0 spiro atoms. The van der Waals surface area contributed by atoms with Crippen molar-refractivity contribution in [2.75, 3.05) is 50.7 Å². The summed E-state index contributed by atoms with van der Waals surface area (Å²) in [4.78, 5) is 34.9. The lowest BCUT2D eigenvalue weighted by atomic mass is 10.00. The zero-order valence-corrected chi connectivity index (χ0v) is 21.6. The Hall–Kier alpha value is -2.70. The third-order valence-electron chi connectivity index (χ3n) is 7.11. The zero-order valence-electron chi connectivity index (χ0n) is 21.6. The first-order chi connectivity index (χ1) is 16.9. The number of fused-ring (bicyclic) bond motifs is 2. The van der Waals surface area contributed by atoms with Crippen LogP contribution in [0.25, 0.3) is 0 Å². The summed E-state index contributed by atoms with van der Waals surface area (Å²) < 4.78 is 0. The summed E-state index contributed by atoms with van der Waals surface area (Å²) in [6, 6.07) is 16.6. The van der Waals surface area contributed by atoms with Gasteiger partial charge in [-0.1, -0.05) is 56.3 Å². The van der Waals surface area contributed by atoms with Gasteiger partial charge < -0.3 is 14.7 Å². The second-order valence-corrected chi connectivity index (χ2v) is 10.4. The molecule has 2 aliphatic rings. The molecular formula is C29H40N4O2. The van der Waals surface area contributed by atoms with Gasteiger partial charge in [0.1, 0.15) is 0 Å². The van der Waals surface area contributed by atoms with Crippen LogP contribution in [0, 0.1) is 5.92 Å². The zero-order chi connectivity index (χ0) is 24.8. The number of hydrogen-bond acceptors (Lipinski definition) is 4. The molecule has 4 rings (SSSR count). The Labute approximate surface area is 210 Å². The number of carbonyl (C=O) groups excluding carboxylic acids is 2. The lowest BCUT2D eigenvalue weighted by Crippen LogP contribution is -2.45. The van der Waals surface area contributed by atoms with Gasteiger partial charge in [-0.25, -0.2) is 0 Å².